The minimum atomic E-state index is -0.0143. The van der Waals surface area contributed by atoms with E-state index in [1.54, 1.807) is 7.11 Å². The maximum Gasteiger partial charge on any atom is 0.0623 e. The summed E-state index contributed by atoms with van der Waals surface area (Å²) in [6.45, 7) is 8.61. The first kappa shape index (κ1) is 16.9. The van der Waals surface area contributed by atoms with Gasteiger partial charge in [-0.15, -0.1) is 0 Å². The van der Waals surface area contributed by atoms with E-state index in [2.05, 4.69) is 26.1 Å². The Morgan fingerprint density at radius 1 is 1.37 bits per heavy atom. The summed E-state index contributed by atoms with van der Waals surface area (Å²) in [6, 6.07) is 0.567. The van der Waals surface area contributed by atoms with E-state index in [1.165, 1.54) is 32.1 Å². The molecule has 0 amide bonds. The van der Waals surface area contributed by atoms with E-state index in [-0.39, 0.29) is 5.60 Å². The maximum absolute atomic E-state index is 5.88. The molecule has 1 rings (SSSR count). The Hall–Kier alpha value is -0.120. The number of hydrogen-bond acceptors (Lipinski definition) is 3. The molecule has 1 aliphatic heterocycles. The molecule has 0 aliphatic carbocycles. The van der Waals surface area contributed by atoms with Crippen LogP contribution in [0.3, 0.4) is 0 Å². The summed E-state index contributed by atoms with van der Waals surface area (Å²) in [7, 11) is 1.80. The van der Waals surface area contributed by atoms with Crippen LogP contribution in [0.15, 0.2) is 0 Å². The lowest BCUT2D eigenvalue weighted by molar-refractivity contribution is -0.00491. The van der Waals surface area contributed by atoms with Crippen molar-refractivity contribution in [2.75, 3.05) is 20.3 Å². The smallest absolute Gasteiger partial charge is 0.0623 e. The fourth-order valence-electron chi connectivity index (χ4n) is 2.59. The third-order valence-electron chi connectivity index (χ3n) is 4.15. The molecule has 0 aromatic rings. The lowest BCUT2D eigenvalue weighted by atomic mass is 9.94. The van der Waals surface area contributed by atoms with Gasteiger partial charge in [0.1, 0.15) is 0 Å². The summed E-state index contributed by atoms with van der Waals surface area (Å²) in [5.74, 6) is 0. The molecule has 1 saturated heterocycles. The Balaban J connectivity index is 2.36. The van der Waals surface area contributed by atoms with Crippen molar-refractivity contribution in [3.8, 4) is 0 Å². The number of nitrogens with one attached hydrogen (secondary N) is 1. The molecule has 0 radical (unpaired) electrons. The fourth-order valence-corrected chi connectivity index (χ4v) is 2.59. The van der Waals surface area contributed by atoms with Gasteiger partial charge < -0.3 is 14.8 Å². The van der Waals surface area contributed by atoms with Gasteiger partial charge >= 0.3 is 0 Å². The van der Waals surface area contributed by atoms with Gasteiger partial charge in [-0.25, -0.2) is 0 Å². The standard InChI is InChI=1S/C16H33NO2/c1-5-11-17-14(9-10-16(2,3)18-4)13-15-8-6-7-12-19-15/h14-15,17H,5-13H2,1-4H3. The van der Waals surface area contributed by atoms with Crippen LogP contribution in [-0.4, -0.2) is 38.0 Å². The topological polar surface area (TPSA) is 30.5 Å². The van der Waals surface area contributed by atoms with Crippen molar-refractivity contribution in [1.82, 2.24) is 5.32 Å². The highest BCUT2D eigenvalue weighted by molar-refractivity contribution is 4.78. The molecule has 3 nitrogen and oxygen atoms in total. The fraction of sp³-hybridized carbons (Fsp3) is 1.00. The molecule has 3 heteroatoms. The largest absolute Gasteiger partial charge is 0.379 e. The zero-order chi connectivity index (χ0) is 14.1. The van der Waals surface area contributed by atoms with Gasteiger partial charge in [-0.3, -0.25) is 0 Å². The number of hydrogen-bond donors (Lipinski definition) is 1. The van der Waals surface area contributed by atoms with E-state index in [1.807, 2.05) is 0 Å². The molecule has 0 spiro atoms. The molecule has 19 heavy (non-hydrogen) atoms. The van der Waals surface area contributed by atoms with E-state index in [4.69, 9.17) is 9.47 Å². The highest BCUT2D eigenvalue weighted by Crippen LogP contribution is 2.22. The molecular formula is C16H33NO2. The van der Waals surface area contributed by atoms with Gasteiger partial charge in [-0.2, -0.15) is 0 Å². The minimum absolute atomic E-state index is 0.0143. The molecule has 1 N–H and O–H groups in total. The van der Waals surface area contributed by atoms with E-state index in [9.17, 15) is 0 Å². The van der Waals surface area contributed by atoms with Crippen LogP contribution in [0.2, 0.25) is 0 Å². The predicted octanol–water partition coefficient (Wildman–Crippen LogP) is 3.52. The number of methoxy groups -OCH3 is 1. The van der Waals surface area contributed by atoms with Gasteiger partial charge in [-0.1, -0.05) is 6.92 Å². The highest BCUT2D eigenvalue weighted by Gasteiger charge is 2.22. The van der Waals surface area contributed by atoms with Crippen molar-refractivity contribution in [2.45, 2.75) is 83.5 Å². The quantitative estimate of drug-likeness (QED) is 0.696. The van der Waals surface area contributed by atoms with Crippen molar-refractivity contribution in [3.05, 3.63) is 0 Å². The Kier molecular flexibility index (Phi) is 7.96. The van der Waals surface area contributed by atoms with Crippen LogP contribution < -0.4 is 5.32 Å². The van der Waals surface area contributed by atoms with Crippen LogP contribution >= 0.6 is 0 Å². The second kappa shape index (κ2) is 8.93. The van der Waals surface area contributed by atoms with Crippen LogP contribution in [0, 0.1) is 0 Å². The molecule has 1 fully saturated rings. The Bertz CT molecular complexity index is 225. The normalized spacial score (nSPS) is 22.4. The van der Waals surface area contributed by atoms with Gasteiger partial charge in [0.2, 0.25) is 0 Å². The van der Waals surface area contributed by atoms with E-state index >= 15 is 0 Å². The molecule has 2 unspecified atom stereocenters. The highest BCUT2D eigenvalue weighted by atomic mass is 16.5. The first-order valence-corrected chi connectivity index (χ1v) is 7.97. The van der Waals surface area contributed by atoms with Crippen molar-refractivity contribution < 1.29 is 9.47 Å². The van der Waals surface area contributed by atoms with Crippen molar-refractivity contribution in [2.24, 2.45) is 0 Å². The Labute approximate surface area is 119 Å². The molecule has 2 atom stereocenters. The molecule has 1 aliphatic rings. The average Bonchev–Trinajstić information content (AvgIpc) is 2.43. The summed E-state index contributed by atoms with van der Waals surface area (Å²) in [6.07, 6.45) is 8.87. The maximum atomic E-state index is 5.88. The molecule has 0 saturated carbocycles. The van der Waals surface area contributed by atoms with Gasteiger partial charge in [0, 0.05) is 19.8 Å². The predicted molar refractivity (Wildman–Crippen MR) is 80.6 cm³/mol. The lowest BCUT2D eigenvalue weighted by Crippen LogP contribution is -2.37. The SMILES string of the molecule is CCCNC(CCC(C)(C)OC)CC1CCCCO1. The van der Waals surface area contributed by atoms with Crippen LogP contribution in [0.1, 0.15) is 65.7 Å². The summed E-state index contributed by atoms with van der Waals surface area (Å²) in [5, 5.41) is 3.68. The summed E-state index contributed by atoms with van der Waals surface area (Å²) >= 11 is 0. The van der Waals surface area contributed by atoms with Gasteiger partial charge in [0.25, 0.3) is 0 Å². The lowest BCUT2D eigenvalue weighted by Gasteiger charge is -2.30. The summed E-state index contributed by atoms with van der Waals surface area (Å²) < 4.78 is 11.4. The second-order valence-corrected chi connectivity index (χ2v) is 6.38. The van der Waals surface area contributed by atoms with E-state index < -0.39 is 0 Å². The van der Waals surface area contributed by atoms with Crippen molar-refractivity contribution >= 4 is 0 Å². The summed E-state index contributed by atoms with van der Waals surface area (Å²) in [4.78, 5) is 0. The zero-order valence-corrected chi connectivity index (χ0v) is 13.3. The third-order valence-corrected chi connectivity index (χ3v) is 4.15. The summed E-state index contributed by atoms with van der Waals surface area (Å²) in [5.41, 5.74) is -0.0143. The van der Waals surface area contributed by atoms with Crippen LogP contribution in [0.4, 0.5) is 0 Å². The van der Waals surface area contributed by atoms with Crippen LogP contribution in [0.25, 0.3) is 0 Å². The second-order valence-electron chi connectivity index (χ2n) is 6.38. The Morgan fingerprint density at radius 2 is 2.16 bits per heavy atom. The number of rotatable bonds is 9. The van der Waals surface area contributed by atoms with E-state index in [0.29, 0.717) is 12.1 Å². The zero-order valence-electron chi connectivity index (χ0n) is 13.3. The molecule has 0 bridgehead atoms. The molecule has 1 heterocycles. The molecule has 114 valence electrons. The van der Waals surface area contributed by atoms with Gasteiger partial charge in [0.05, 0.1) is 11.7 Å². The van der Waals surface area contributed by atoms with E-state index in [0.717, 1.165) is 26.0 Å². The average molecular weight is 271 g/mol. The van der Waals surface area contributed by atoms with Crippen LogP contribution in [-0.2, 0) is 9.47 Å². The van der Waals surface area contributed by atoms with Gasteiger partial charge in [-0.05, 0) is 65.3 Å². The third kappa shape index (κ3) is 7.28. The van der Waals surface area contributed by atoms with Crippen molar-refractivity contribution in [3.63, 3.8) is 0 Å². The van der Waals surface area contributed by atoms with Gasteiger partial charge in [0.15, 0.2) is 0 Å². The first-order chi connectivity index (χ1) is 9.07. The van der Waals surface area contributed by atoms with Crippen molar-refractivity contribution in [1.29, 1.82) is 0 Å². The molecule has 0 aromatic carbocycles. The molecular weight excluding hydrogens is 238 g/mol. The number of ether oxygens (including phenoxy) is 2. The molecule has 0 aromatic heterocycles. The minimum Gasteiger partial charge on any atom is -0.379 e. The first-order valence-electron chi connectivity index (χ1n) is 7.97. The monoisotopic (exact) mass is 271 g/mol. The Morgan fingerprint density at radius 3 is 2.74 bits per heavy atom. The van der Waals surface area contributed by atoms with Crippen LogP contribution in [0.5, 0.6) is 0 Å².